The lowest BCUT2D eigenvalue weighted by molar-refractivity contribution is 0.427. The summed E-state index contributed by atoms with van der Waals surface area (Å²) in [4.78, 5) is 0. The van der Waals surface area contributed by atoms with Gasteiger partial charge in [0.25, 0.3) is 0 Å². The van der Waals surface area contributed by atoms with E-state index in [4.69, 9.17) is 0 Å². The van der Waals surface area contributed by atoms with Gasteiger partial charge in [-0.2, -0.15) is 0 Å². The van der Waals surface area contributed by atoms with Gasteiger partial charge >= 0.3 is 0 Å². The van der Waals surface area contributed by atoms with Crippen molar-refractivity contribution < 1.29 is 4.39 Å². The van der Waals surface area contributed by atoms with Gasteiger partial charge < -0.3 is 5.32 Å². The largest absolute Gasteiger partial charge is 0.306 e. The van der Waals surface area contributed by atoms with Crippen molar-refractivity contribution in [3.05, 3.63) is 71.0 Å². The summed E-state index contributed by atoms with van der Waals surface area (Å²) in [7, 11) is 0. The summed E-state index contributed by atoms with van der Waals surface area (Å²) in [5.74, 6) is 0.496. The van der Waals surface area contributed by atoms with Crippen LogP contribution in [0.15, 0.2) is 48.5 Å². The number of halogens is 1. The summed E-state index contributed by atoms with van der Waals surface area (Å²) in [6, 6.07) is 15.9. The van der Waals surface area contributed by atoms with Crippen LogP contribution in [0.1, 0.15) is 48.4 Å². The second-order valence-corrected chi connectivity index (χ2v) is 5.63. The highest BCUT2D eigenvalue weighted by atomic mass is 19.1. The molecule has 1 nitrogen and oxygen atoms in total. The van der Waals surface area contributed by atoms with Gasteiger partial charge in [-0.1, -0.05) is 49.4 Å². The molecule has 0 fully saturated rings. The Morgan fingerprint density at radius 2 is 1.70 bits per heavy atom. The first-order valence-electron chi connectivity index (χ1n) is 7.31. The zero-order chi connectivity index (χ0) is 13.9. The Morgan fingerprint density at radius 1 is 1.00 bits per heavy atom. The normalized spacial score (nSPS) is 21.5. The maximum Gasteiger partial charge on any atom is 0.127 e. The molecule has 0 saturated heterocycles. The van der Waals surface area contributed by atoms with Crippen molar-refractivity contribution in [2.75, 3.05) is 0 Å². The third-order valence-corrected chi connectivity index (χ3v) is 4.29. The monoisotopic (exact) mass is 269 g/mol. The molecule has 1 aliphatic carbocycles. The van der Waals surface area contributed by atoms with Crippen LogP contribution in [0.3, 0.4) is 0 Å². The van der Waals surface area contributed by atoms with E-state index in [9.17, 15) is 4.39 Å². The molecular weight excluding hydrogens is 249 g/mol. The van der Waals surface area contributed by atoms with Crippen molar-refractivity contribution in [1.82, 2.24) is 5.32 Å². The Hall–Kier alpha value is -1.67. The quantitative estimate of drug-likeness (QED) is 0.861. The molecule has 1 N–H and O–H groups in total. The first kappa shape index (κ1) is 13.3. The molecule has 2 atom stereocenters. The minimum absolute atomic E-state index is 0.127. The van der Waals surface area contributed by atoms with Gasteiger partial charge in [0.15, 0.2) is 0 Å². The Balaban J connectivity index is 1.76. The highest BCUT2D eigenvalue weighted by Gasteiger charge is 2.23. The highest BCUT2D eigenvalue weighted by Crippen LogP contribution is 2.37. The van der Waals surface area contributed by atoms with Gasteiger partial charge in [0.2, 0.25) is 0 Å². The van der Waals surface area contributed by atoms with E-state index in [2.05, 4.69) is 36.5 Å². The van der Waals surface area contributed by atoms with Crippen molar-refractivity contribution >= 4 is 0 Å². The van der Waals surface area contributed by atoms with Crippen molar-refractivity contribution in [3.8, 4) is 0 Å². The minimum atomic E-state index is -0.127. The van der Waals surface area contributed by atoms with Crippen LogP contribution in [0.4, 0.5) is 4.39 Å². The first-order chi connectivity index (χ1) is 9.75. The molecule has 0 bridgehead atoms. The number of benzene rings is 2. The van der Waals surface area contributed by atoms with Crippen molar-refractivity contribution in [2.45, 2.75) is 38.3 Å². The van der Waals surface area contributed by atoms with E-state index in [1.165, 1.54) is 23.6 Å². The molecule has 0 amide bonds. The van der Waals surface area contributed by atoms with Gasteiger partial charge in [-0.05, 0) is 36.0 Å². The Labute approximate surface area is 119 Å². The topological polar surface area (TPSA) is 12.0 Å². The third kappa shape index (κ3) is 2.61. The summed E-state index contributed by atoms with van der Waals surface area (Å²) in [6.45, 7) is 2.87. The van der Waals surface area contributed by atoms with Crippen molar-refractivity contribution in [1.29, 1.82) is 0 Å². The molecule has 0 spiro atoms. The molecule has 0 aromatic heterocycles. The summed E-state index contributed by atoms with van der Waals surface area (Å²) in [5, 5.41) is 3.52. The van der Waals surface area contributed by atoms with Gasteiger partial charge in [-0.3, -0.25) is 0 Å². The molecule has 0 aliphatic heterocycles. The predicted molar refractivity (Wildman–Crippen MR) is 80.1 cm³/mol. The summed E-state index contributed by atoms with van der Waals surface area (Å²) >= 11 is 0. The van der Waals surface area contributed by atoms with Crippen LogP contribution in [-0.4, -0.2) is 0 Å². The maximum atomic E-state index is 13.7. The van der Waals surface area contributed by atoms with Crippen LogP contribution in [0.5, 0.6) is 0 Å². The fourth-order valence-corrected chi connectivity index (χ4v) is 3.09. The maximum absolute atomic E-state index is 13.7. The van der Waals surface area contributed by atoms with E-state index in [0.717, 1.165) is 12.0 Å². The van der Waals surface area contributed by atoms with Crippen LogP contribution in [0, 0.1) is 5.82 Å². The lowest BCUT2D eigenvalue weighted by Crippen LogP contribution is -2.26. The van der Waals surface area contributed by atoms with Crippen LogP contribution in [0.2, 0.25) is 0 Å². The van der Waals surface area contributed by atoms with E-state index in [-0.39, 0.29) is 5.82 Å². The molecule has 0 saturated carbocycles. The molecule has 1 aliphatic rings. The van der Waals surface area contributed by atoms with Crippen molar-refractivity contribution in [3.63, 3.8) is 0 Å². The zero-order valence-corrected chi connectivity index (χ0v) is 11.8. The van der Waals surface area contributed by atoms with E-state index in [0.29, 0.717) is 18.5 Å². The molecule has 2 heteroatoms. The van der Waals surface area contributed by atoms with Crippen molar-refractivity contribution in [2.24, 2.45) is 0 Å². The minimum Gasteiger partial charge on any atom is -0.306 e. The lowest BCUT2D eigenvalue weighted by atomic mass is 9.81. The smallest absolute Gasteiger partial charge is 0.127 e. The van der Waals surface area contributed by atoms with E-state index in [1.54, 1.807) is 6.07 Å². The molecule has 3 rings (SSSR count). The summed E-state index contributed by atoms with van der Waals surface area (Å²) in [6.07, 6.45) is 2.30. The molecule has 0 radical (unpaired) electrons. The highest BCUT2D eigenvalue weighted by molar-refractivity contribution is 5.35. The number of fused-ring (bicyclic) bond motifs is 1. The fourth-order valence-electron chi connectivity index (χ4n) is 3.09. The standard InChI is InChI=1S/C18H20FN/c1-13-10-11-18(16-8-4-3-7-15(13)16)20-12-14-6-2-5-9-17(14)19/h2-9,13,18,20H,10-12H2,1H3. The van der Waals surface area contributed by atoms with Gasteiger partial charge in [0.05, 0.1) is 0 Å². The number of hydrogen-bond acceptors (Lipinski definition) is 1. The first-order valence-corrected chi connectivity index (χ1v) is 7.31. The predicted octanol–water partition coefficient (Wildman–Crippen LogP) is 4.55. The number of rotatable bonds is 3. The van der Waals surface area contributed by atoms with Gasteiger partial charge in [0, 0.05) is 18.2 Å². The van der Waals surface area contributed by atoms with Crippen LogP contribution >= 0.6 is 0 Å². The summed E-state index contributed by atoms with van der Waals surface area (Å²) < 4.78 is 13.7. The van der Waals surface area contributed by atoms with Gasteiger partial charge in [-0.25, -0.2) is 4.39 Å². The molecule has 104 valence electrons. The van der Waals surface area contributed by atoms with Crippen LogP contribution in [-0.2, 0) is 6.54 Å². The van der Waals surface area contributed by atoms with Crippen LogP contribution < -0.4 is 5.32 Å². The summed E-state index contributed by atoms with van der Waals surface area (Å²) in [5.41, 5.74) is 3.55. The molecule has 0 heterocycles. The third-order valence-electron chi connectivity index (χ3n) is 4.29. The zero-order valence-electron chi connectivity index (χ0n) is 11.8. The number of hydrogen-bond donors (Lipinski definition) is 1. The van der Waals surface area contributed by atoms with E-state index >= 15 is 0 Å². The second kappa shape index (κ2) is 5.76. The molecule has 20 heavy (non-hydrogen) atoms. The molecule has 2 unspecified atom stereocenters. The average Bonchev–Trinajstić information content (AvgIpc) is 2.48. The Morgan fingerprint density at radius 3 is 2.50 bits per heavy atom. The lowest BCUT2D eigenvalue weighted by Gasteiger charge is -2.30. The van der Waals surface area contributed by atoms with E-state index < -0.39 is 0 Å². The molecular formula is C18H20FN. The van der Waals surface area contributed by atoms with Gasteiger partial charge in [-0.15, -0.1) is 0 Å². The Kier molecular flexibility index (Phi) is 3.83. The SMILES string of the molecule is CC1CCC(NCc2ccccc2F)c2ccccc21. The fraction of sp³-hybridized carbons (Fsp3) is 0.333. The van der Waals surface area contributed by atoms with Crippen LogP contribution in [0.25, 0.3) is 0 Å². The van der Waals surface area contributed by atoms with E-state index in [1.807, 2.05) is 12.1 Å². The Bertz CT molecular complexity index is 593. The molecule has 2 aromatic carbocycles. The molecule has 2 aromatic rings. The number of nitrogens with one attached hydrogen (secondary N) is 1. The second-order valence-electron chi connectivity index (χ2n) is 5.63. The van der Waals surface area contributed by atoms with Gasteiger partial charge in [0.1, 0.15) is 5.82 Å². The average molecular weight is 269 g/mol.